The smallest absolute Gasteiger partial charge is 0.159 e. The number of rotatable bonds is 7. The van der Waals surface area contributed by atoms with E-state index in [0.29, 0.717) is 12.6 Å². The molecular weight excluding hydrogens is 402 g/mol. The number of hydrogen-bond donors (Lipinski definition) is 1. The maximum atomic E-state index is 6.08. The predicted molar refractivity (Wildman–Crippen MR) is 130 cm³/mol. The van der Waals surface area contributed by atoms with E-state index in [-0.39, 0.29) is 12.4 Å². The van der Waals surface area contributed by atoms with Crippen molar-refractivity contribution in [2.75, 3.05) is 13.2 Å². The Kier molecular flexibility index (Phi) is 7.77. The fourth-order valence-corrected chi connectivity index (χ4v) is 5.19. The van der Waals surface area contributed by atoms with Gasteiger partial charge in [0, 0.05) is 22.5 Å². The highest BCUT2D eigenvalue weighted by molar-refractivity contribution is 7.22. The van der Waals surface area contributed by atoms with Gasteiger partial charge in [0.25, 0.3) is 0 Å². The van der Waals surface area contributed by atoms with Crippen LogP contribution in [-0.2, 0) is 9.47 Å². The van der Waals surface area contributed by atoms with Crippen molar-refractivity contribution in [1.82, 2.24) is 5.32 Å². The maximum Gasteiger partial charge on any atom is 0.159 e. The molecule has 0 spiro atoms. The van der Waals surface area contributed by atoms with Gasteiger partial charge in [0.1, 0.15) is 6.61 Å². The Hall–Kier alpha value is -2.16. The van der Waals surface area contributed by atoms with Crippen molar-refractivity contribution in [3.05, 3.63) is 60.2 Å². The Labute approximate surface area is 189 Å². The molecule has 1 aromatic heterocycles. The summed E-state index contributed by atoms with van der Waals surface area (Å²) in [4.78, 5) is 1.22. The van der Waals surface area contributed by atoms with Crippen molar-refractivity contribution in [2.24, 2.45) is 0 Å². The highest BCUT2D eigenvalue weighted by Gasteiger charge is 2.27. The average Bonchev–Trinajstić information content (AvgIpc) is 3.17. The summed E-state index contributed by atoms with van der Waals surface area (Å²) in [7, 11) is 0. The van der Waals surface area contributed by atoms with Gasteiger partial charge < -0.3 is 14.8 Å². The zero-order chi connectivity index (χ0) is 21.5. The lowest BCUT2D eigenvalue weighted by atomic mass is 10.0. The van der Waals surface area contributed by atoms with Crippen molar-refractivity contribution in [3.63, 3.8) is 0 Å². The molecule has 1 fully saturated rings. The van der Waals surface area contributed by atoms with Crippen LogP contribution in [0.3, 0.4) is 0 Å². The van der Waals surface area contributed by atoms with Gasteiger partial charge in [-0.25, -0.2) is 0 Å². The van der Waals surface area contributed by atoms with Gasteiger partial charge in [0.05, 0.1) is 16.5 Å². The maximum absolute atomic E-state index is 6.08. The summed E-state index contributed by atoms with van der Waals surface area (Å²) < 4.78 is 13.3. The molecule has 4 rings (SSSR count). The Morgan fingerprint density at radius 3 is 2.71 bits per heavy atom. The molecule has 4 heteroatoms. The molecule has 0 unspecified atom stereocenters. The summed E-state index contributed by atoms with van der Waals surface area (Å²) in [5.41, 5.74) is 2.30. The zero-order valence-electron chi connectivity index (χ0n) is 18.4. The third-order valence-electron chi connectivity index (χ3n) is 5.77. The van der Waals surface area contributed by atoms with Crippen molar-refractivity contribution in [1.29, 1.82) is 0 Å². The first kappa shape index (κ1) is 22.0. The molecule has 2 heterocycles. The summed E-state index contributed by atoms with van der Waals surface area (Å²) >= 11 is 1.80. The van der Waals surface area contributed by atoms with E-state index < -0.39 is 0 Å². The van der Waals surface area contributed by atoms with Crippen LogP contribution in [0, 0.1) is 11.8 Å². The molecule has 31 heavy (non-hydrogen) atoms. The predicted octanol–water partition coefficient (Wildman–Crippen LogP) is 6.22. The number of benzene rings is 2. The van der Waals surface area contributed by atoms with Gasteiger partial charge >= 0.3 is 0 Å². The van der Waals surface area contributed by atoms with Crippen LogP contribution >= 0.6 is 11.3 Å². The molecule has 3 aromatic rings. The first-order valence-electron chi connectivity index (χ1n) is 11.3. The third-order valence-corrected chi connectivity index (χ3v) is 6.99. The SMILES string of the molecule is CCCCN[C@H]1CC[C@H](OCC#Cc2c(-c3ccccc3)sc3ccccc23)O[C@H]1C. The van der Waals surface area contributed by atoms with E-state index in [2.05, 4.69) is 79.5 Å². The van der Waals surface area contributed by atoms with Gasteiger partial charge in [-0.3, -0.25) is 0 Å². The fraction of sp³-hybridized carbons (Fsp3) is 0.407. The molecule has 1 aliphatic rings. The Morgan fingerprint density at radius 2 is 1.90 bits per heavy atom. The van der Waals surface area contributed by atoms with E-state index in [0.717, 1.165) is 24.9 Å². The second-order valence-corrected chi connectivity index (χ2v) is 9.10. The number of unbranched alkanes of at least 4 members (excludes halogenated alkanes) is 1. The first-order chi connectivity index (χ1) is 15.3. The third kappa shape index (κ3) is 5.56. The molecule has 0 amide bonds. The van der Waals surface area contributed by atoms with Crippen LogP contribution in [0.4, 0.5) is 0 Å². The van der Waals surface area contributed by atoms with E-state index in [1.165, 1.54) is 33.4 Å². The van der Waals surface area contributed by atoms with E-state index in [9.17, 15) is 0 Å². The molecule has 1 aliphatic heterocycles. The summed E-state index contributed by atoms with van der Waals surface area (Å²) in [6.07, 6.45) is 4.41. The van der Waals surface area contributed by atoms with Gasteiger partial charge in [-0.2, -0.15) is 0 Å². The lowest BCUT2D eigenvalue weighted by molar-refractivity contribution is -0.190. The minimum Gasteiger partial charge on any atom is -0.348 e. The lowest BCUT2D eigenvalue weighted by Gasteiger charge is -2.34. The van der Waals surface area contributed by atoms with Crippen LogP contribution in [-0.4, -0.2) is 31.6 Å². The number of ether oxygens (including phenoxy) is 2. The quantitative estimate of drug-likeness (QED) is 0.354. The molecule has 1 saturated heterocycles. The monoisotopic (exact) mass is 433 g/mol. The zero-order valence-corrected chi connectivity index (χ0v) is 19.2. The summed E-state index contributed by atoms with van der Waals surface area (Å²) in [6.45, 7) is 5.79. The molecule has 0 aliphatic carbocycles. The van der Waals surface area contributed by atoms with Crippen LogP contribution in [0.15, 0.2) is 54.6 Å². The van der Waals surface area contributed by atoms with Crippen LogP contribution in [0.25, 0.3) is 20.5 Å². The van der Waals surface area contributed by atoms with E-state index >= 15 is 0 Å². The van der Waals surface area contributed by atoms with E-state index in [1.807, 2.05) is 6.07 Å². The average molecular weight is 434 g/mol. The lowest BCUT2D eigenvalue weighted by Crippen LogP contribution is -2.46. The number of thiophene rings is 1. The van der Waals surface area contributed by atoms with Gasteiger partial charge in [-0.15, -0.1) is 11.3 Å². The molecule has 2 aromatic carbocycles. The number of hydrogen-bond acceptors (Lipinski definition) is 4. The van der Waals surface area contributed by atoms with Crippen LogP contribution in [0.5, 0.6) is 0 Å². The normalized spacial score (nSPS) is 21.0. The Bertz CT molecular complexity index is 1030. The molecule has 3 atom stereocenters. The molecule has 0 bridgehead atoms. The van der Waals surface area contributed by atoms with Crippen molar-refractivity contribution >= 4 is 21.4 Å². The van der Waals surface area contributed by atoms with Gasteiger partial charge in [-0.1, -0.05) is 73.7 Å². The summed E-state index contributed by atoms with van der Waals surface area (Å²) in [5, 5.41) is 4.82. The topological polar surface area (TPSA) is 30.5 Å². The van der Waals surface area contributed by atoms with Crippen LogP contribution in [0.2, 0.25) is 0 Å². The van der Waals surface area contributed by atoms with Gasteiger partial charge in [0.15, 0.2) is 6.29 Å². The highest BCUT2D eigenvalue weighted by Crippen LogP contribution is 2.37. The largest absolute Gasteiger partial charge is 0.348 e. The molecule has 0 saturated carbocycles. The van der Waals surface area contributed by atoms with Gasteiger partial charge in [-0.05, 0) is 37.9 Å². The minimum absolute atomic E-state index is 0.161. The second kappa shape index (κ2) is 10.9. The minimum atomic E-state index is -0.165. The molecule has 1 N–H and O–H groups in total. The Balaban J connectivity index is 1.40. The standard InChI is InChI=1S/C27H31NO2S/c1-3-4-18-28-24-16-17-26(30-20(24)2)29-19-10-14-23-22-13-8-9-15-25(22)31-27(23)21-11-6-5-7-12-21/h5-9,11-13,15,20,24,26,28H,3-4,16-19H2,1-2H3/t20-,24-,26+/m0/s1. The number of fused-ring (bicyclic) bond motifs is 1. The first-order valence-corrected chi connectivity index (χ1v) is 12.1. The van der Waals surface area contributed by atoms with Crippen LogP contribution < -0.4 is 5.32 Å². The van der Waals surface area contributed by atoms with E-state index in [1.54, 1.807) is 11.3 Å². The summed E-state index contributed by atoms with van der Waals surface area (Å²) in [6, 6.07) is 19.4. The number of nitrogens with one attached hydrogen (secondary N) is 1. The molecule has 0 radical (unpaired) electrons. The van der Waals surface area contributed by atoms with E-state index in [4.69, 9.17) is 9.47 Å². The van der Waals surface area contributed by atoms with Crippen molar-refractivity contribution in [3.8, 4) is 22.3 Å². The second-order valence-electron chi connectivity index (χ2n) is 8.04. The van der Waals surface area contributed by atoms with Crippen molar-refractivity contribution < 1.29 is 9.47 Å². The Morgan fingerprint density at radius 1 is 1.10 bits per heavy atom. The fourth-order valence-electron chi connectivity index (χ4n) is 4.03. The molecule has 162 valence electrons. The van der Waals surface area contributed by atoms with Crippen LogP contribution in [0.1, 0.15) is 45.1 Å². The van der Waals surface area contributed by atoms with Gasteiger partial charge in [0.2, 0.25) is 0 Å². The van der Waals surface area contributed by atoms with Crippen molar-refractivity contribution in [2.45, 2.75) is 58.0 Å². The molecule has 3 nitrogen and oxygen atoms in total. The highest BCUT2D eigenvalue weighted by atomic mass is 32.1. The summed E-state index contributed by atoms with van der Waals surface area (Å²) in [5.74, 6) is 6.64. The molecular formula is C27H31NO2S.